The van der Waals surface area contributed by atoms with Crippen LogP contribution in [0.15, 0.2) is 18.3 Å². The maximum atomic E-state index is 4.24. The molecule has 0 aliphatic rings. The Morgan fingerprint density at radius 1 is 1.50 bits per heavy atom. The van der Waals surface area contributed by atoms with Crippen LogP contribution >= 0.6 is 0 Å². The molecule has 0 aliphatic heterocycles. The molecular weight excluding hydrogens is 174 g/mol. The van der Waals surface area contributed by atoms with Crippen LogP contribution in [0.1, 0.15) is 20.3 Å². The minimum atomic E-state index is 0.716. The number of hydrogen-bond acceptors (Lipinski definition) is 2. The topological polar surface area (TPSA) is 39.0 Å². The zero-order valence-electron chi connectivity index (χ0n) is 9.12. The zero-order valence-corrected chi connectivity index (χ0v) is 9.12. The van der Waals surface area contributed by atoms with Crippen molar-refractivity contribution in [2.45, 2.75) is 20.3 Å². The van der Waals surface area contributed by atoms with E-state index < -0.39 is 0 Å². The lowest BCUT2D eigenvalue weighted by Gasteiger charge is -2.10. The molecular formula is C11H18N3. The van der Waals surface area contributed by atoms with E-state index in [1.165, 1.54) is 0 Å². The third-order valence-corrected chi connectivity index (χ3v) is 2.04. The van der Waals surface area contributed by atoms with Crippen molar-refractivity contribution < 1.29 is 0 Å². The number of nitrogens with one attached hydrogen (secondary N) is 1. The van der Waals surface area contributed by atoms with Crippen molar-refractivity contribution in [3.8, 4) is 0 Å². The number of pyridine rings is 1. The van der Waals surface area contributed by atoms with E-state index in [2.05, 4.69) is 29.5 Å². The predicted octanol–water partition coefficient (Wildman–Crippen LogP) is 2.41. The van der Waals surface area contributed by atoms with Crippen molar-refractivity contribution >= 4 is 11.5 Å². The van der Waals surface area contributed by atoms with Gasteiger partial charge >= 0.3 is 0 Å². The van der Waals surface area contributed by atoms with E-state index in [9.17, 15) is 0 Å². The first-order chi connectivity index (χ1) is 6.74. The van der Waals surface area contributed by atoms with Gasteiger partial charge in [0.2, 0.25) is 0 Å². The van der Waals surface area contributed by atoms with Crippen molar-refractivity contribution in [1.82, 2.24) is 10.3 Å². The lowest BCUT2D eigenvalue weighted by atomic mass is 10.1. The summed E-state index contributed by atoms with van der Waals surface area (Å²) in [5.41, 5.74) is 0.927. The van der Waals surface area contributed by atoms with E-state index >= 15 is 0 Å². The first-order valence-electron chi connectivity index (χ1n) is 5.02. The lowest BCUT2D eigenvalue weighted by Crippen LogP contribution is -2.07. The maximum absolute atomic E-state index is 4.24. The number of anilines is 1. The highest BCUT2D eigenvalue weighted by Gasteiger charge is 2.01. The molecule has 1 rings (SSSR count). The summed E-state index contributed by atoms with van der Waals surface area (Å²) in [6.45, 7) is 5.38. The Hall–Kier alpha value is -1.25. The summed E-state index contributed by atoms with van der Waals surface area (Å²) in [6.07, 6.45) is 2.94. The number of hydrogen-bond donors (Lipinski definition) is 1. The van der Waals surface area contributed by atoms with Crippen LogP contribution in [0, 0.1) is 5.92 Å². The largest absolute Gasteiger partial charge is 0.368 e. The molecule has 0 bridgehead atoms. The number of rotatable bonds is 5. The molecule has 0 spiro atoms. The zero-order chi connectivity index (χ0) is 10.4. The van der Waals surface area contributed by atoms with Gasteiger partial charge < -0.3 is 5.32 Å². The SMILES string of the molecule is C[N]c1cccnc1NCCC(C)C. The van der Waals surface area contributed by atoms with Gasteiger partial charge in [-0.3, -0.25) is 5.32 Å². The van der Waals surface area contributed by atoms with Crippen LogP contribution < -0.4 is 10.6 Å². The number of nitrogens with zero attached hydrogens (tertiary/aromatic N) is 2. The fourth-order valence-electron chi connectivity index (χ4n) is 1.19. The average molecular weight is 192 g/mol. The molecule has 1 heterocycles. The number of aromatic nitrogens is 1. The maximum Gasteiger partial charge on any atom is 0.151 e. The second kappa shape index (κ2) is 5.47. The molecule has 3 heteroatoms. The molecule has 0 atom stereocenters. The van der Waals surface area contributed by atoms with Crippen molar-refractivity contribution in [3.63, 3.8) is 0 Å². The van der Waals surface area contributed by atoms with E-state index in [4.69, 9.17) is 0 Å². The van der Waals surface area contributed by atoms with Gasteiger partial charge in [0.05, 0.1) is 5.69 Å². The Morgan fingerprint density at radius 2 is 2.29 bits per heavy atom. The molecule has 1 aromatic rings. The molecule has 14 heavy (non-hydrogen) atoms. The van der Waals surface area contributed by atoms with Crippen LogP contribution in [-0.2, 0) is 0 Å². The highest BCUT2D eigenvalue weighted by molar-refractivity contribution is 5.58. The molecule has 0 saturated heterocycles. The third kappa shape index (κ3) is 3.24. The van der Waals surface area contributed by atoms with E-state index in [1.54, 1.807) is 13.2 Å². The second-order valence-electron chi connectivity index (χ2n) is 3.70. The van der Waals surface area contributed by atoms with Gasteiger partial charge in [0.25, 0.3) is 0 Å². The summed E-state index contributed by atoms with van der Waals surface area (Å²) in [5.74, 6) is 1.60. The molecule has 1 N–H and O–H groups in total. The smallest absolute Gasteiger partial charge is 0.151 e. The van der Waals surface area contributed by atoms with Crippen LogP contribution in [0.2, 0.25) is 0 Å². The first kappa shape index (κ1) is 10.8. The minimum Gasteiger partial charge on any atom is -0.368 e. The fraction of sp³-hybridized carbons (Fsp3) is 0.545. The van der Waals surface area contributed by atoms with E-state index in [0.29, 0.717) is 5.92 Å². The predicted molar refractivity (Wildman–Crippen MR) is 59.9 cm³/mol. The van der Waals surface area contributed by atoms with Gasteiger partial charge in [0.1, 0.15) is 0 Å². The highest BCUT2D eigenvalue weighted by Crippen LogP contribution is 2.16. The summed E-state index contributed by atoms with van der Waals surface area (Å²) in [7, 11) is 1.78. The molecule has 0 fully saturated rings. The Kier molecular flexibility index (Phi) is 4.23. The van der Waals surface area contributed by atoms with Gasteiger partial charge in [-0.1, -0.05) is 13.8 Å². The van der Waals surface area contributed by atoms with Crippen molar-refractivity contribution in [3.05, 3.63) is 18.3 Å². The summed E-state index contributed by atoms with van der Waals surface area (Å²) >= 11 is 0. The van der Waals surface area contributed by atoms with E-state index in [0.717, 1.165) is 24.5 Å². The Bertz CT molecular complexity index is 271. The highest BCUT2D eigenvalue weighted by atomic mass is 15.0. The van der Waals surface area contributed by atoms with Crippen molar-refractivity contribution in [2.24, 2.45) is 5.92 Å². The van der Waals surface area contributed by atoms with Crippen LogP contribution in [0.4, 0.5) is 11.5 Å². The van der Waals surface area contributed by atoms with E-state index in [1.807, 2.05) is 12.1 Å². The van der Waals surface area contributed by atoms with Crippen LogP contribution in [0.3, 0.4) is 0 Å². The minimum absolute atomic E-state index is 0.716. The monoisotopic (exact) mass is 192 g/mol. The Labute approximate surface area is 85.9 Å². The molecule has 1 radical (unpaired) electrons. The molecule has 3 nitrogen and oxygen atoms in total. The van der Waals surface area contributed by atoms with Gasteiger partial charge in [-0.15, -0.1) is 0 Å². The van der Waals surface area contributed by atoms with Crippen molar-refractivity contribution in [2.75, 3.05) is 18.9 Å². The normalized spacial score (nSPS) is 10.3. The molecule has 0 unspecified atom stereocenters. The van der Waals surface area contributed by atoms with E-state index in [-0.39, 0.29) is 0 Å². The van der Waals surface area contributed by atoms with Gasteiger partial charge in [-0.2, -0.15) is 0 Å². The molecule has 0 aromatic carbocycles. The second-order valence-corrected chi connectivity index (χ2v) is 3.70. The van der Waals surface area contributed by atoms with Gasteiger partial charge in [-0.25, -0.2) is 4.98 Å². The van der Waals surface area contributed by atoms with Crippen molar-refractivity contribution in [1.29, 1.82) is 0 Å². The Morgan fingerprint density at radius 3 is 2.93 bits per heavy atom. The van der Waals surface area contributed by atoms with Crippen LogP contribution in [0.5, 0.6) is 0 Å². The Balaban J connectivity index is 2.49. The lowest BCUT2D eigenvalue weighted by molar-refractivity contribution is 0.606. The van der Waals surface area contributed by atoms with Crippen LogP contribution in [-0.4, -0.2) is 18.6 Å². The van der Waals surface area contributed by atoms with Gasteiger partial charge in [-0.05, 0) is 24.5 Å². The quantitative estimate of drug-likeness (QED) is 0.778. The first-order valence-corrected chi connectivity index (χ1v) is 5.02. The summed E-state index contributed by atoms with van der Waals surface area (Å²) in [5, 5.41) is 7.43. The molecule has 0 aliphatic carbocycles. The average Bonchev–Trinajstić information content (AvgIpc) is 2.18. The van der Waals surface area contributed by atoms with Crippen LogP contribution in [0.25, 0.3) is 0 Å². The van der Waals surface area contributed by atoms with Gasteiger partial charge in [0.15, 0.2) is 5.82 Å². The molecule has 0 amide bonds. The summed E-state index contributed by atoms with van der Waals surface area (Å²) < 4.78 is 0. The summed E-state index contributed by atoms with van der Waals surface area (Å²) in [6, 6.07) is 3.86. The summed E-state index contributed by atoms with van der Waals surface area (Å²) in [4.78, 5) is 4.24. The molecule has 0 saturated carbocycles. The standard InChI is InChI=1S/C11H18N3/c1-9(2)6-8-14-11-10(12-3)5-4-7-13-11/h4-5,7,9H,6,8H2,1-3H3,(H,13,14). The third-order valence-electron chi connectivity index (χ3n) is 2.04. The van der Waals surface area contributed by atoms with Gasteiger partial charge in [0, 0.05) is 19.8 Å². The molecule has 77 valence electrons. The fourth-order valence-corrected chi connectivity index (χ4v) is 1.19. The molecule has 1 aromatic heterocycles.